The molecule has 0 unspecified atom stereocenters. The first-order valence-corrected chi connectivity index (χ1v) is 6.76. The van der Waals surface area contributed by atoms with Gasteiger partial charge < -0.3 is 16.4 Å². The van der Waals surface area contributed by atoms with Crippen molar-refractivity contribution in [3.8, 4) is 0 Å². The smallest absolute Gasteiger partial charge is 0.283 e. The molecule has 0 spiro atoms. The van der Waals surface area contributed by atoms with Gasteiger partial charge in [0.25, 0.3) is 11.6 Å². The molecule has 1 rings (SSSR count). The summed E-state index contributed by atoms with van der Waals surface area (Å²) < 4.78 is 0. The molecular formula is C13H17ClN4O4. The fourth-order valence-electron chi connectivity index (χ4n) is 1.53. The summed E-state index contributed by atoms with van der Waals surface area (Å²) in [5.74, 6) is -1.25. The molecule has 0 aliphatic heterocycles. The van der Waals surface area contributed by atoms with Gasteiger partial charge in [-0.15, -0.1) is 0 Å². The molecule has 0 radical (unpaired) electrons. The minimum atomic E-state index is -0.792. The van der Waals surface area contributed by atoms with Crippen LogP contribution in [0.2, 0.25) is 5.02 Å². The second-order valence-corrected chi connectivity index (χ2v) is 5.75. The van der Waals surface area contributed by atoms with Gasteiger partial charge in [0.2, 0.25) is 5.91 Å². The summed E-state index contributed by atoms with van der Waals surface area (Å²) in [6.07, 6.45) is 0. The van der Waals surface area contributed by atoms with Crippen LogP contribution in [0.25, 0.3) is 0 Å². The van der Waals surface area contributed by atoms with Crippen molar-refractivity contribution in [2.45, 2.75) is 19.4 Å². The lowest BCUT2D eigenvalue weighted by atomic mass is 10.1. The third-order valence-electron chi connectivity index (χ3n) is 2.57. The molecule has 0 fully saturated rings. The molecule has 0 atom stereocenters. The molecule has 0 saturated carbocycles. The summed E-state index contributed by atoms with van der Waals surface area (Å²) in [6.45, 7) is 3.36. The number of carbonyl (C=O) groups is 2. The Morgan fingerprint density at radius 2 is 2.00 bits per heavy atom. The zero-order valence-corrected chi connectivity index (χ0v) is 12.9. The molecule has 1 aromatic rings. The van der Waals surface area contributed by atoms with Crippen LogP contribution < -0.4 is 16.4 Å². The van der Waals surface area contributed by atoms with Gasteiger partial charge in [0.05, 0.1) is 16.5 Å². The maximum atomic E-state index is 12.0. The van der Waals surface area contributed by atoms with Crippen molar-refractivity contribution < 1.29 is 14.5 Å². The lowest BCUT2D eigenvalue weighted by Crippen LogP contribution is -2.47. The van der Waals surface area contributed by atoms with Crippen LogP contribution in [0.15, 0.2) is 18.2 Å². The van der Waals surface area contributed by atoms with E-state index in [4.69, 9.17) is 17.3 Å². The normalized spacial score (nSPS) is 10.9. The van der Waals surface area contributed by atoms with Crippen molar-refractivity contribution in [3.05, 3.63) is 38.9 Å². The molecule has 0 heterocycles. The first-order chi connectivity index (χ1) is 10.1. The minimum absolute atomic E-state index is 0.0600. The number of halogens is 1. The summed E-state index contributed by atoms with van der Waals surface area (Å²) in [7, 11) is 0. The molecule has 0 aliphatic rings. The third-order valence-corrected chi connectivity index (χ3v) is 2.88. The van der Waals surface area contributed by atoms with E-state index in [-0.39, 0.29) is 23.7 Å². The molecule has 9 heteroatoms. The van der Waals surface area contributed by atoms with E-state index in [1.807, 2.05) is 0 Å². The number of amides is 2. The van der Waals surface area contributed by atoms with E-state index in [0.717, 1.165) is 6.07 Å². The number of rotatable bonds is 6. The van der Waals surface area contributed by atoms with Gasteiger partial charge in [0.1, 0.15) is 5.56 Å². The third kappa shape index (κ3) is 5.30. The van der Waals surface area contributed by atoms with Gasteiger partial charge in [0, 0.05) is 18.2 Å². The monoisotopic (exact) mass is 328 g/mol. The Bertz CT molecular complexity index is 598. The average molecular weight is 329 g/mol. The van der Waals surface area contributed by atoms with Crippen LogP contribution in [-0.4, -0.2) is 35.4 Å². The summed E-state index contributed by atoms with van der Waals surface area (Å²) in [6, 6.07) is 3.89. The van der Waals surface area contributed by atoms with Crippen LogP contribution in [0, 0.1) is 10.1 Å². The highest BCUT2D eigenvalue weighted by molar-refractivity contribution is 6.34. The molecule has 120 valence electrons. The van der Waals surface area contributed by atoms with Gasteiger partial charge in [-0.2, -0.15) is 0 Å². The lowest BCUT2D eigenvalue weighted by molar-refractivity contribution is -0.385. The van der Waals surface area contributed by atoms with Gasteiger partial charge in [-0.05, 0) is 19.9 Å². The number of hydrogen-bond donors (Lipinski definition) is 3. The largest absolute Gasteiger partial charge is 0.353 e. The zero-order valence-electron chi connectivity index (χ0n) is 12.2. The summed E-state index contributed by atoms with van der Waals surface area (Å²) in [5.41, 5.74) is 4.43. The van der Waals surface area contributed by atoms with Gasteiger partial charge >= 0.3 is 0 Å². The highest BCUT2D eigenvalue weighted by Gasteiger charge is 2.23. The fraction of sp³-hybridized carbons (Fsp3) is 0.385. The maximum absolute atomic E-state index is 12.0. The number of benzene rings is 1. The number of nitro benzene ring substituents is 1. The molecule has 0 aliphatic carbocycles. The molecule has 22 heavy (non-hydrogen) atoms. The van der Waals surface area contributed by atoms with Gasteiger partial charge in [0.15, 0.2) is 0 Å². The first-order valence-electron chi connectivity index (χ1n) is 6.38. The molecule has 4 N–H and O–H groups in total. The van der Waals surface area contributed by atoms with Crippen LogP contribution in [-0.2, 0) is 4.79 Å². The minimum Gasteiger partial charge on any atom is -0.353 e. The molecular weight excluding hydrogens is 312 g/mol. The van der Waals surface area contributed by atoms with Crippen molar-refractivity contribution in [1.82, 2.24) is 10.6 Å². The number of nitro groups is 1. The molecule has 1 aromatic carbocycles. The van der Waals surface area contributed by atoms with E-state index in [9.17, 15) is 19.7 Å². The summed E-state index contributed by atoms with van der Waals surface area (Å²) >= 11 is 5.82. The van der Waals surface area contributed by atoms with Crippen LogP contribution in [0.5, 0.6) is 0 Å². The van der Waals surface area contributed by atoms with Crippen molar-refractivity contribution >= 4 is 29.1 Å². The Balaban J connectivity index is 2.71. The second-order valence-electron chi connectivity index (χ2n) is 5.34. The number of nitrogens with one attached hydrogen (secondary N) is 2. The lowest BCUT2D eigenvalue weighted by Gasteiger charge is -2.18. The standard InChI is InChI=1S/C13H17ClN4O4/c1-13(2,15)7-17-10(19)6-16-12(20)11-8(14)4-3-5-9(11)18(21)22/h3-5H,6-7,15H2,1-2H3,(H,16,20)(H,17,19). The van der Waals surface area contributed by atoms with Crippen LogP contribution in [0.1, 0.15) is 24.2 Å². The first kappa shape index (κ1) is 17.9. The van der Waals surface area contributed by atoms with E-state index in [1.165, 1.54) is 12.1 Å². The van der Waals surface area contributed by atoms with Crippen molar-refractivity contribution in [3.63, 3.8) is 0 Å². The SMILES string of the molecule is CC(C)(N)CNC(=O)CNC(=O)c1c(Cl)cccc1[N+](=O)[O-]. The summed E-state index contributed by atoms with van der Waals surface area (Å²) in [5, 5.41) is 15.7. The molecule has 0 saturated heterocycles. The summed E-state index contributed by atoms with van der Waals surface area (Å²) in [4.78, 5) is 33.8. The van der Waals surface area contributed by atoms with Gasteiger partial charge in [-0.1, -0.05) is 17.7 Å². The van der Waals surface area contributed by atoms with Crippen molar-refractivity contribution in [2.75, 3.05) is 13.1 Å². The van der Waals surface area contributed by atoms with Crippen LogP contribution in [0.4, 0.5) is 5.69 Å². The van der Waals surface area contributed by atoms with E-state index in [2.05, 4.69) is 10.6 Å². The average Bonchev–Trinajstić information content (AvgIpc) is 2.41. The maximum Gasteiger partial charge on any atom is 0.283 e. The zero-order chi connectivity index (χ0) is 16.9. The van der Waals surface area contributed by atoms with E-state index >= 15 is 0 Å². The van der Waals surface area contributed by atoms with E-state index < -0.39 is 28.0 Å². The van der Waals surface area contributed by atoms with Crippen LogP contribution >= 0.6 is 11.6 Å². The Morgan fingerprint density at radius 1 is 1.36 bits per heavy atom. The number of hydrogen-bond acceptors (Lipinski definition) is 5. The fourth-order valence-corrected chi connectivity index (χ4v) is 1.78. The van der Waals surface area contributed by atoms with Gasteiger partial charge in [-0.25, -0.2) is 0 Å². The predicted octanol–water partition coefficient (Wildman–Crippen LogP) is 0.831. The van der Waals surface area contributed by atoms with Crippen molar-refractivity contribution in [1.29, 1.82) is 0 Å². The number of nitrogens with zero attached hydrogens (tertiary/aromatic N) is 1. The Labute approximate surface area is 132 Å². The topological polar surface area (TPSA) is 127 Å². The van der Waals surface area contributed by atoms with Crippen LogP contribution in [0.3, 0.4) is 0 Å². The van der Waals surface area contributed by atoms with Gasteiger partial charge in [-0.3, -0.25) is 19.7 Å². The molecule has 8 nitrogen and oxygen atoms in total. The Kier molecular flexibility index (Phi) is 5.84. The second kappa shape index (κ2) is 7.19. The van der Waals surface area contributed by atoms with E-state index in [1.54, 1.807) is 13.8 Å². The highest BCUT2D eigenvalue weighted by atomic mass is 35.5. The molecule has 0 aromatic heterocycles. The Hall–Kier alpha value is -2.19. The predicted molar refractivity (Wildman–Crippen MR) is 81.7 cm³/mol. The quantitative estimate of drug-likeness (QED) is 0.526. The molecule has 2 amide bonds. The van der Waals surface area contributed by atoms with Crippen molar-refractivity contribution in [2.24, 2.45) is 5.73 Å². The van der Waals surface area contributed by atoms with E-state index in [0.29, 0.717) is 0 Å². The number of carbonyl (C=O) groups excluding carboxylic acids is 2. The Morgan fingerprint density at radius 3 is 2.55 bits per heavy atom. The molecule has 0 bridgehead atoms. The number of nitrogens with two attached hydrogens (primary N) is 1. The highest BCUT2D eigenvalue weighted by Crippen LogP contribution is 2.25.